The van der Waals surface area contributed by atoms with Gasteiger partial charge in [-0.25, -0.2) is 4.98 Å². The highest BCUT2D eigenvalue weighted by Crippen LogP contribution is 2.18. The minimum atomic E-state index is -0.00763. The van der Waals surface area contributed by atoms with Crippen LogP contribution >= 0.6 is 11.3 Å². The van der Waals surface area contributed by atoms with Gasteiger partial charge in [0.1, 0.15) is 5.01 Å². The van der Waals surface area contributed by atoms with Crippen molar-refractivity contribution >= 4 is 11.3 Å². The van der Waals surface area contributed by atoms with Crippen LogP contribution in [0, 0.1) is 12.3 Å². The number of hydrogen-bond acceptors (Lipinski definition) is 4. The number of aliphatic hydroxyl groups is 1. The molecule has 0 aliphatic rings. The van der Waals surface area contributed by atoms with E-state index >= 15 is 0 Å². The zero-order valence-corrected chi connectivity index (χ0v) is 10.5. The largest absolute Gasteiger partial charge is 0.396 e. The molecule has 1 aromatic rings. The molecule has 2 N–H and O–H groups in total. The average Bonchev–Trinajstić information content (AvgIpc) is 2.64. The molecule has 0 aliphatic heterocycles. The lowest BCUT2D eigenvalue weighted by Crippen LogP contribution is -2.34. The summed E-state index contributed by atoms with van der Waals surface area (Å²) in [7, 11) is 0. The van der Waals surface area contributed by atoms with Crippen molar-refractivity contribution in [3.05, 3.63) is 16.1 Å². The van der Waals surface area contributed by atoms with Gasteiger partial charge in [0.25, 0.3) is 0 Å². The van der Waals surface area contributed by atoms with E-state index in [0.717, 1.165) is 30.2 Å². The molecule has 0 aliphatic carbocycles. The van der Waals surface area contributed by atoms with Gasteiger partial charge in [-0.05, 0) is 13.3 Å². The van der Waals surface area contributed by atoms with Gasteiger partial charge in [0.2, 0.25) is 0 Å². The molecule has 1 unspecified atom stereocenters. The molecule has 0 aromatic carbocycles. The van der Waals surface area contributed by atoms with Crippen LogP contribution in [-0.2, 0) is 6.54 Å². The first-order chi connectivity index (χ1) is 7.09. The second-order valence-electron chi connectivity index (χ2n) is 4.31. The number of rotatable bonds is 6. The van der Waals surface area contributed by atoms with Crippen molar-refractivity contribution < 1.29 is 5.11 Å². The third-order valence-corrected chi connectivity index (χ3v) is 3.70. The summed E-state index contributed by atoms with van der Waals surface area (Å²) in [5.41, 5.74) is 1.07. The van der Waals surface area contributed by atoms with Crippen LogP contribution in [0.15, 0.2) is 5.38 Å². The zero-order valence-electron chi connectivity index (χ0n) is 9.71. The number of hydrogen-bond donors (Lipinski definition) is 2. The van der Waals surface area contributed by atoms with E-state index in [1.165, 1.54) is 0 Å². The predicted octanol–water partition coefficient (Wildman–Crippen LogP) is 1.95. The van der Waals surface area contributed by atoms with Crippen LogP contribution in [-0.4, -0.2) is 23.2 Å². The van der Waals surface area contributed by atoms with Gasteiger partial charge in [-0.2, -0.15) is 0 Å². The Morgan fingerprint density at radius 2 is 2.33 bits per heavy atom. The minimum absolute atomic E-state index is 0.00763. The van der Waals surface area contributed by atoms with Crippen molar-refractivity contribution in [1.82, 2.24) is 10.3 Å². The summed E-state index contributed by atoms with van der Waals surface area (Å²) in [5.74, 6) is 0. The summed E-state index contributed by atoms with van der Waals surface area (Å²) in [5, 5.41) is 15.8. The standard InChI is InChI=1S/C11H20N2OS/c1-4-11(3,8-14)7-12-5-10-13-9(2)6-15-10/h6,12,14H,4-5,7-8H2,1-3H3. The molecule has 1 aromatic heterocycles. The second-order valence-corrected chi connectivity index (χ2v) is 5.25. The Balaban J connectivity index is 2.32. The van der Waals surface area contributed by atoms with E-state index in [4.69, 9.17) is 0 Å². The fourth-order valence-corrected chi connectivity index (χ4v) is 1.99. The van der Waals surface area contributed by atoms with Crippen LogP contribution in [0.4, 0.5) is 0 Å². The molecule has 0 bridgehead atoms. The summed E-state index contributed by atoms with van der Waals surface area (Å²) in [6.45, 7) is 8.06. The van der Waals surface area contributed by atoms with Gasteiger partial charge in [0.15, 0.2) is 0 Å². The molecule has 0 spiro atoms. The van der Waals surface area contributed by atoms with Crippen LogP contribution in [0.1, 0.15) is 31.0 Å². The van der Waals surface area contributed by atoms with Gasteiger partial charge >= 0.3 is 0 Å². The number of aromatic nitrogens is 1. The lowest BCUT2D eigenvalue weighted by Gasteiger charge is -2.25. The van der Waals surface area contributed by atoms with Crippen LogP contribution in [0.25, 0.3) is 0 Å². The van der Waals surface area contributed by atoms with Crippen LogP contribution in [0.2, 0.25) is 0 Å². The molecule has 1 atom stereocenters. The van der Waals surface area contributed by atoms with Gasteiger partial charge in [0.05, 0.1) is 0 Å². The molecule has 15 heavy (non-hydrogen) atoms. The summed E-state index contributed by atoms with van der Waals surface area (Å²) in [6, 6.07) is 0. The fourth-order valence-electron chi connectivity index (χ4n) is 1.25. The molecule has 0 saturated carbocycles. The van der Waals surface area contributed by atoms with Gasteiger partial charge in [-0.15, -0.1) is 11.3 Å². The van der Waals surface area contributed by atoms with E-state index in [1.54, 1.807) is 11.3 Å². The Morgan fingerprint density at radius 3 is 2.80 bits per heavy atom. The van der Waals surface area contributed by atoms with Crippen molar-refractivity contribution in [2.45, 2.75) is 33.7 Å². The highest BCUT2D eigenvalue weighted by Gasteiger charge is 2.20. The zero-order chi connectivity index (χ0) is 11.3. The highest BCUT2D eigenvalue weighted by molar-refractivity contribution is 7.09. The average molecular weight is 228 g/mol. The van der Waals surface area contributed by atoms with E-state index in [-0.39, 0.29) is 12.0 Å². The maximum Gasteiger partial charge on any atom is 0.107 e. The maximum absolute atomic E-state index is 9.23. The Kier molecular flexibility index (Phi) is 4.70. The topological polar surface area (TPSA) is 45.1 Å². The Bertz CT molecular complexity index is 295. The van der Waals surface area contributed by atoms with E-state index in [0.29, 0.717) is 0 Å². The smallest absolute Gasteiger partial charge is 0.107 e. The summed E-state index contributed by atoms with van der Waals surface area (Å²) in [4.78, 5) is 4.38. The van der Waals surface area contributed by atoms with Crippen LogP contribution in [0.5, 0.6) is 0 Å². The molecule has 4 heteroatoms. The molecule has 0 fully saturated rings. The monoisotopic (exact) mass is 228 g/mol. The molecule has 1 heterocycles. The number of aliphatic hydroxyl groups excluding tert-OH is 1. The van der Waals surface area contributed by atoms with Crippen molar-refractivity contribution in [2.24, 2.45) is 5.41 Å². The third kappa shape index (κ3) is 3.89. The Labute approximate surface area is 95.6 Å². The summed E-state index contributed by atoms with van der Waals surface area (Å²) in [6.07, 6.45) is 0.980. The molecule has 0 amide bonds. The van der Waals surface area contributed by atoms with Crippen molar-refractivity contribution in [3.8, 4) is 0 Å². The minimum Gasteiger partial charge on any atom is -0.396 e. The predicted molar refractivity (Wildman–Crippen MR) is 64.0 cm³/mol. The first kappa shape index (κ1) is 12.6. The SMILES string of the molecule is CCC(C)(CO)CNCc1nc(C)cs1. The molecule has 1 rings (SSSR count). The number of aryl methyl sites for hydroxylation is 1. The van der Waals surface area contributed by atoms with Crippen LogP contribution < -0.4 is 5.32 Å². The number of thiazole rings is 1. The van der Waals surface area contributed by atoms with Crippen molar-refractivity contribution in [2.75, 3.05) is 13.2 Å². The molecule has 3 nitrogen and oxygen atoms in total. The molecular weight excluding hydrogens is 208 g/mol. The van der Waals surface area contributed by atoms with Crippen molar-refractivity contribution in [3.63, 3.8) is 0 Å². The molecule has 86 valence electrons. The van der Waals surface area contributed by atoms with Crippen molar-refractivity contribution in [1.29, 1.82) is 0 Å². The van der Waals surface area contributed by atoms with Gasteiger partial charge in [-0.3, -0.25) is 0 Å². The van der Waals surface area contributed by atoms with Gasteiger partial charge < -0.3 is 10.4 Å². The number of nitrogens with one attached hydrogen (secondary N) is 1. The summed E-state index contributed by atoms with van der Waals surface area (Å²) < 4.78 is 0. The molecule has 0 saturated heterocycles. The first-order valence-electron chi connectivity index (χ1n) is 5.32. The van der Waals surface area contributed by atoms with E-state index in [9.17, 15) is 5.11 Å². The van der Waals surface area contributed by atoms with E-state index in [1.807, 2.05) is 6.92 Å². The summed E-state index contributed by atoms with van der Waals surface area (Å²) >= 11 is 1.68. The maximum atomic E-state index is 9.23. The lowest BCUT2D eigenvalue weighted by atomic mass is 9.89. The first-order valence-corrected chi connectivity index (χ1v) is 6.20. The molecular formula is C11H20N2OS. The Hall–Kier alpha value is -0.450. The fraction of sp³-hybridized carbons (Fsp3) is 0.727. The quantitative estimate of drug-likeness (QED) is 0.782. The number of nitrogens with zero attached hydrogens (tertiary/aromatic N) is 1. The van der Waals surface area contributed by atoms with E-state index < -0.39 is 0 Å². The molecule has 0 radical (unpaired) electrons. The van der Waals surface area contributed by atoms with E-state index in [2.05, 4.69) is 29.5 Å². The highest BCUT2D eigenvalue weighted by atomic mass is 32.1. The third-order valence-electron chi connectivity index (χ3n) is 2.73. The van der Waals surface area contributed by atoms with Gasteiger partial charge in [-0.1, -0.05) is 13.8 Å². The Morgan fingerprint density at radius 1 is 1.60 bits per heavy atom. The van der Waals surface area contributed by atoms with Crippen LogP contribution in [0.3, 0.4) is 0 Å². The normalized spacial score (nSPS) is 15.2. The lowest BCUT2D eigenvalue weighted by molar-refractivity contribution is 0.135. The van der Waals surface area contributed by atoms with Gasteiger partial charge in [0, 0.05) is 36.2 Å². The second kappa shape index (κ2) is 5.58.